The second-order valence-corrected chi connectivity index (χ2v) is 8.47. The smallest absolute Gasteiger partial charge is 0.254 e. The van der Waals surface area contributed by atoms with Crippen LogP contribution in [0, 0.1) is 5.41 Å². The maximum absolute atomic E-state index is 12.9. The second-order valence-electron chi connectivity index (χ2n) is 7.65. The van der Waals surface area contributed by atoms with Crippen molar-refractivity contribution in [1.82, 2.24) is 16.0 Å². The SMILES string of the molecule is N=C/N=C(/NCCF)NCC(COO)NC(=O)c1c(Cl)cc(CCC(O)c2cccc(O)c2)cc1Cl. The molecule has 0 saturated carbocycles. The van der Waals surface area contributed by atoms with E-state index in [1.807, 2.05) is 0 Å². The topological polar surface area (TPSA) is 159 Å². The standard InChI is InChI=1S/C23H28Cl2FN5O5/c24-18-8-14(4-5-20(33)15-2-1-3-17(32)10-15)9-19(25)21(18)22(34)31-16(12-36-35)11-29-23(30-13-27)28-7-6-26/h1-3,8-10,13,16,20,32-33,35H,4-7,11-12H2,(H,31,34)(H3,27,28,29,30). The minimum Gasteiger partial charge on any atom is -0.508 e. The lowest BCUT2D eigenvalue weighted by molar-refractivity contribution is -0.245. The molecule has 2 atom stereocenters. The van der Waals surface area contributed by atoms with Crippen LogP contribution in [0.2, 0.25) is 10.0 Å². The number of phenolic OH excluding ortho intramolecular Hbond substituents is 1. The molecule has 0 bridgehead atoms. The molecule has 0 heterocycles. The summed E-state index contributed by atoms with van der Waals surface area (Å²) in [5.41, 5.74) is 1.29. The number of carbonyl (C=O) groups excluding carboxylic acids is 1. The highest BCUT2D eigenvalue weighted by Crippen LogP contribution is 2.29. The molecule has 2 aromatic carbocycles. The summed E-state index contributed by atoms with van der Waals surface area (Å²) >= 11 is 12.7. The molecule has 2 rings (SSSR count). The van der Waals surface area contributed by atoms with Gasteiger partial charge in [0.25, 0.3) is 5.91 Å². The number of halogens is 3. The number of aryl methyl sites for hydroxylation is 1. The molecular formula is C23H28Cl2FN5O5. The Labute approximate surface area is 217 Å². The van der Waals surface area contributed by atoms with E-state index in [0.29, 0.717) is 24.0 Å². The van der Waals surface area contributed by atoms with Crippen molar-refractivity contribution in [3.8, 4) is 5.75 Å². The molecule has 0 aliphatic rings. The zero-order chi connectivity index (χ0) is 26.5. The number of carbonyl (C=O) groups is 1. The lowest BCUT2D eigenvalue weighted by Gasteiger charge is -2.20. The Morgan fingerprint density at radius 1 is 1.22 bits per heavy atom. The number of nitrogens with zero attached hydrogens (tertiary/aromatic N) is 1. The van der Waals surface area contributed by atoms with Crippen LogP contribution in [0.5, 0.6) is 5.75 Å². The van der Waals surface area contributed by atoms with E-state index in [0.717, 1.165) is 6.34 Å². The molecule has 0 fully saturated rings. The molecular weight excluding hydrogens is 516 g/mol. The number of phenols is 1. The van der Waals surface area contributed by atoms with Gasteiger partial charge in [-0.1, -0.05) is 35.3 Å². The van der Waals surface area contributed by atoms with Crippen molar-refractivity contribution >= 4 is 41.4 Å². The first kappa shape index (κ1) is 29.3. The van der Waals surface area contributed by atoms with Gasteiger partial charge in [-0.2, -0.15) is 0 Å². The van der Waals surface area contributed by atoms with E-state index in [4.69, 9.17) is 33.9 Å². The van der Waals surface area contributed by atoms with Crippen LogP contribution in [-0.4, -0.2) is 66.1 Å². The van der Waals surface area contributed by atoms with Crippen molar-refractivity contribution < 1.29 is 29.5 Å². The van der Waals surface area contributed by atoms with Gasteiger partial charge in [-0.05, 0) is 48.2 Å². The molecule has 0 aromatic heterocycles. The molecule has 0 aliphatic carbocycles. The number of benzene rings is 2. The van der Waals surface area contributed by atoms with Gasteiger partial charge in [-0.15, -0.1) is 0 Å². The fourth-order valence-electron chi connectivity index (χ4n) is 3.29. The van der Waals surface area contributed by atoms with Crippen molar-refractivity contribution in [1.29, 1.82) is 5.41 Å². The molecule has 2 unspecified atom stereocenters. The van der Waals surface area contributed by atoms with Gasteiger partial charge in [0, 0.05) is 13.1 Å². The number of hydrogen-bond donors (Lipinski definition) is 7. The average Bonchev–Trinajstić information content (AvgIpc) is 2.83. The van der Waals surface area contributed by atoms with Gasteiger partial charge in [0.2, 0.25) is 0 Å². The Bertz CT molecular complexity index is 1040. The van der Waals surface area contributed by atoms with Crippen LogP contribution in [0.3, 0.4) is 0 Å². The minimum atomic E-state index is -0.815. The van der Waals surface area contributed by atoms with E-state index in [2.05, 4.69) is 25.8 Å². The summed E-state index contributed by atoms with van der Waals surface area (Å²) in [7, 11) is 0. The third kappa shape index (κ3) is 9.25. The van der Waals surface area contributed by atoms with Crippen molar-refractivity contribution in [2.75, 3.05) is 26.4 Å². The summed E-state index contributed by atoms with van der Waals surface area (Å²) in [6.07, 6.45) is 0.682. The molecule has 10 nitrogen and oxygen atoms in total. The third-order valence-electron chi connectivity index (χ3n) is 5.00. The van der Waals surface area contributed by atoms with Crippen molar-refractivity contribution in [2.45, 2.75) is 25.0 Å². The molecule has 0 saturated heterocycles. The van der Waals surface area contributed by atoms with Crippen LogP contribution in [0.4, 0.5) is 4.39 Å². The predicted octanol–water partition coefficient (Wildman–Crippen LogP) is 3.06. The highest BCUT2D eigenvalue weighted by atomic mass is 35.5. The first-order chi connectivity index (χ1) is 17.3. The first-order valence-electron chi connectivity index (χ1n) is 10.9. The Morgan fingerprint density at radius 3 is 2.56 bits per heavy atom. The molecule has 196 valence electrons. The predicted molar refractivity (Wildman–Crippen MR) is 136 cm³/mol. The average molecular weight is 544 g/mol. The van der Waals surface area contributed by atoms with E-state index in [9.17, 15) is 19.4 Å². The fourth-order valence-corrected chi connectivity index (χ4v) is 4.00. The van der Waals surface area contributed by atoms with Gasteiger partial charge in [-0.25, -0.2) is 14.3 Å². The lowest BCUT2D eigenvalue weighted by atomic mass is 10.00. The Kier molecular flexibility index (Phi) is 12.4. The van der Waals surface area contributed by atoms with Gasteiger partial charge in [-0.3, -0.25) is 15.5 Å². The summed E-state index contributed by atoms with van der Waals surface area (Å²) in [6, 6.07) is 8.72. The van der Waals surface area contributed by atoms with Crippen LogP contribution in [0.25, 0.3) is 0 Å². The molecule has 0 radical (unpaired) electrons. The molecule has 2 aromatic rings. The van der Waals surface area contributed by atoms with Crippen molar-refractivity contribution in [3.63, 3.8) is 0 Å². The zero-order valence-corrected chi connectivity index (χ0v) is 20.7. The van der Waals surface area contributed by atoms with E-state index in [-0.39, 0.29) is 47.0 Å². The first-order valence-corrected chi connectivity index (χ1v) is 11.7. The normalized spacial score (nSPS) is 13.1. The van der Waals surface area contributed by atoms with Crippen molar-refractivity contribution in [3.05, 3.63) is 63.1 Å². The minimum absolute atomic E-state index is 0.0124. The van der Waals surface area contributed by atoms with Gasteiger partial charge >= 0.3 is 0 Å². The summed E-state index contributed by atoms with van der Waals surface area (Å²) in [6.45, 7) is -0.964. The molecule has 0 aliphatic heterocycles. The Balaban J connectivity index is 2.04. The van der Waals surface area contributed by atoms with E-state index >= 15 is 0 Å². The van der Waals surface area contributed by atoms with Crippen LogP contribution < -0.4 is 16.0 Å². The number of hydrogen-bond acceptors (Lipinski definition) is 6. The van der Waals surface area contributed by atoms with E-state index in [1.54, 1.807) is 24.3 Å². The maximum atomic E-state index is 12.9. The molecule has 13 heteroatoms. The van der Waals surface area contributed by atoms with Crippen LogP contribution in [-0.2, 0) is 11.3 Å². The number of nitrogens with one attached hydrogen (secondary N) is 4. The Hall–Kier alpha value is -2.96. The van der Waals surface area contributed by atoms with Gasteiger partial charge in [0.05, 0.1) is 27.8 Å². The van der Waals surface area contributed by atoms with Crippen molar-refractivity contribution in [2.24, 2.45) is 4.99 Å². The van der Waals surface area contributed by atoms with Gasteiger partial charge < -0.3 is 26.2 Å². The number of rotatable bonds is 13. The number of aromatic hydroxyl groups is 1. The van der Waals surface area contributed by atoms with Crippen LogP contribution >= 0.6 is 23.2 Å². The number of guanidine groups is 1. The van der Waals surface area contributed by atoms with Gasteiger partial charge in [0.15, 0.2) is 5.96 Å². The molecule has 36 heavy (non-hydrogen) atoms. The highest BCUT2D eigenvalue weighted by Gasteiger charge is 2.21. The number of amides is 1. The summed E-state index contributed by atoms with van der Waals surface area (Å²) in [5.74, 6) is -0.460. The molecule has 1 amide bonds. The number of aliphatic hydroxyl groups is 1. The zero-order valence-electron chi connectivity index (χ0n) is 19.2. The van der Waals surface area contributed by atoms with E-state index < -0.39 is 24.7 Å². The number of alkyl halides is 1. The number of aliphatic hydroxyl groups excluding tert-OH is 1. The summed E-state index contributed by atoms with van der Waals surface area (Å²) in [4.78, 5) is 20.7. The quantitative estimate of drug-likeness (QED) is 0.0884. The highest BCUT2D eigenvalue weighted by molar-refractivity contribution is 6.39. The third-order valence-corrected chi connectivity index (χ3v) is 5.59. The number of aliphatic imine (C=N–C) groups is 1. The second kappa shape index (κ2) is 15.2. The monoisotopic (exact) mass is 543 g/mol. The van der Waals surface area contributed by atoms with Gasteiger partial charge in [0.1, 0.15) is 25.4 Å². The summed E-state index contributed by atoms with van der Waals surface area (Å²) < 4.78 is 12.4. The largest absolute Gasteiger partial charge is 0.508 e. The lowest BCUT2D eigenvalue weighted by Crippen LogP contribution is -2.49. The maximum Gasteiger partial charge on any atom is 0.254 e. The fraction of sp³-hybridized carbons (Fsp3) is 0.348. The van der Waals surface area contributed by atoms with E-state index in [1.165, 1.54) is 12.1 Å². The molecule has 0 spiro atoms. The Morgan fingerprint density at radius 2 is 1.94 bits per heavy atom. The van der Waals surface area contributed by atoms with Crippen LogP contribution in [0.15, 0.2) is 41.4 Å². The molecule has 7 N–H and O–H groups in total. The summed E-state index contributed by atoms with van der Waals surface area (Å²) in [5, 5.41) is 44.1. The van der Waals surface area contributed by atoms with Crippen LogP contribution in [0.1, 0.15) is 34.0 Å².